The minimum absolute atomic E-state index is 0.0811. The second-order valence-corrected chi connectivity index (χ2v) is 8.82. The van der Waals surface area contributed by atoms with E-state index in [1.807, 2.05) is 41.3 Å². The molecule has 7 heteroatoms. The van der Waals surface area contributed by atoms with Gasteiger partial charge in [0, 0.05) is 48.9 Å². The third kappa shape index (κ3) is 2.67. The predicted molar refractivity (Wildman–Crippen MR) is 115 cm³/mol. The topological polar surface area (TPSA) is 81.5 Å². The van der Waals surface area contributed by atoms with Gasteiger partial charge in [-0.1, -0.05) is 18.2 Å². The highest BCUT2D eigenvalue weighted by atomic mass is 16.6. The van der Waals surface area contributed by atoms with E-state index in [0.29, 0.717) is 25.1 Å². The van der Waals surface area contributed by atoms with E-state index < -0.39 is 11.0 Å². The molecule has 0 radical (unpaired) electrons. The summed E-state index contributed by atoms with van der Waals surface area (Å²) in [6, 6.07) is 14.5. The summed E-state index contributed by atoms with van der Waals surface area (Å²) in [4.78, 5) is 43.9. The number of carbonyl (C=O) groups is 2. The van der Waals surface area contributed by atoms with Gasteiger partial charge in [-0.05, 0) is 42.7 Å². The molecule has 160 valence electrons. The van der Waals surface area contributed by atoms with E-state index in [1.165, 1.54) is 6.07 Å². The summed E-state index contributed by atoms with van der Waals surface area (Å²) in [5.74, 6) is -0.284. The number of esters is 1. The van der Waals surface area contributed by atoms with Crippen LogP contribution in [0, 0.1) is 0 Å². The maximum absolute atomic E-state index is 13.6. The van der Waals surface area contributed by atoms with Crippen LogP contribution < -0.4 is 5.56 Å². The van der Waals surface area contributed by atoms with Gasteiger partial charge < -0.3 is 9.64 Å². The first-order valence-corrected chi connectivity index (χ1v) is 10.8. The maximum Gasteiger partial charge on any atom is 0.341 e. The first-order chi connectivity index (χ1) is 15.5. The Labute approximate surface area is 184 Å². The summed E-state index contributed by atoms with van der Waals surface area (Å²) in [7, 11) is 0. The van der Waals surface area contributed by atoms with Gasteiger partial charge in [-0.3, -0.25) is 19.1 Å². The SMILES string of the molecule is O=C1OC2(CCN(C(=O)C3(c4ccc(-n5ccccc5=O)cc4)CC3)C2)c2ccncc21. The van der Waals surface area contributed by atoms with Gasteiger partial charge in [0.05, 0.1) is 17.5 Å². The summed E-state index contributed by atoms with van der Waals surface area (Å²) in [5, 5.41) is 0. The van der Waals surface area contributed by atoms with E-state index in [4.69, 9.17) is 4.74 Å². The molecule has 32 heavy (non-hydrogen) atoms. The van der Waals surface area contributed by atoms with E-state index in [9.17, 15) is 14.4 Å². The van der Waals surface area contributed by atoms with Gasteiger partial charge in [-0.25, -0.2) is 4.79 Å². The largest absolute Gasteiger partial charge is 0.449 e. The molecule has 1 saturated carbocycles. The van der Waals surface area contributed by atoms with Crippen molar-refractivity contribution in [3.63, 3.8) is 0 Å². The highest BCUT2D eigenvalue weighted by molar-refractivity contribution is 5.95. The summed E-state index contributed by atoms with van der Waals surface area (Å²) in [6.07, 6.45) is 7.11. The number of hydrogen-bond acceptors (Lipinski definition) is 5. The quantitative estimate of drug-likeness (QED) is 0.600. The number of amides is 1. The van der Waals surface area contributed by atoms with Gasteiger partial charge >= 0.3 is 5.97 Å². The Balaban J connectivity index is 1.26. The number of benzene rings is 1. The minimum Gasteiger partial charge on any atom is -0.449 e. The molecule has 0 bridgehead atoms. The third-order valence-electron chi connectivity index (χ3n) is 7.02. The number of likely N-dealkylation sites (tertiary alicyclic amines) is 1. The number of rotatable bonds is 3. The van der Waals surface area contributed by atoms with Crippen molar-refractivity contribution in [1.29, 1.82) is 0 Å². The molecular formula is C25H21N3O4. The second-order valence-electron chi connectivity index (χ2n) is 8.82. The molecule has 2 aromatic heterocycles. The number of pyridine rings is 2. The van der Waals surface area contributed by atoms with Crippen molar-refractivity contribution in [2.24, 2.45) is 0 Å². The lowest BCUT2D eigenvalue weighted by Crippen LogP contribution is -2.40. The Bertz CT molecular complexity index is 1310. The van der Waals surface area contributed by atoms with Crippen molar-refractivity contribution in [3.05, 3.63) is 94.2 Å². The van der Waals surface area contributed by atoms with Crippen LogP contribution in [0.15, 0.2) is 71.9 Å². The molecule has 2 fully saturated rings. The Morgan fingerprint density at radius 3 is 2.56 bits per heavy atom. The Hall–Kier alpha value is -3.74. The van der Waals surface area contributed by atoms with Crippen molar-refractivity contribution >= 4 is 11.9 Å². The number of ether oxygens (including phenoxy) is 1. The molecule has 1 spiro atoms. The molecule has 1 atom stereocenters. The van der Waals surface area contributed by atoms with Crippen LogP contribution in [0.25, 0.3) is 5.69 Å². The first kappa shape index (κ1) is 19.0. The van der Waals surface area contributed by atoms with E-state index in [0.717, 1.165) is 29.7 Å². The molecule has 3 aliphatic rings. The van der Waals surface area contributed by atoms with Crippen LogP contribution in [-0.4, -0.2) is 39.4 Å². The fraction of sp³-hybridized carbons (Fsp3) is 0.280. The van der Waals surface area contributed by atoms with Crippen LogP contribution in [0.5, 0.6) is 0 Å². The molecule has 1 aliphatic carbocycles. The van der Waals surface area contributed by atoms with Gasteiger partial charge in [0.2, 0.25) is 5.91 Å². The molecule has 6 rings (SSSR count). The zero-order valence-corrected chi connectivity index (χ0v) is 17.4. The molecular weight excluding hydrogens is 406 g/mol. The first-order valence-electron chi connectivity index (χ1n) is 10.8. The van der Waals surface area contributed by atoms with Gasteiger partial charge in [-0.2, -0.15) is 0 Å². The molecule has 1 amide bonds. The van der Waals surface area contributed by atoms with E-state index in [2.05, 4.69) is 4.98 Å². The third-order valence-corrected chi connectivity index (χ3v) is 7.02. The second kappa shape index (κ2) is 6.63. The lowest BCUT2D eigenvalue weighted by atomic mass is 9.92. The van der Waals surface area contributed by atoms with E-state index >= 15 is 0 Å². The normalized spacial score (nSPS) is 22.6. The average Bonchev–Trinajstić information content (AvgIpc) is 3.45. The molecule has 2 aliphatic heterocycles. The smallest absolute Gasteiger partial charge is 0.341 e. The summed E-state index contributed by atoms with van der Waals surface area (Å²) in [5.41, 5.74) is 1.66. The van der Waals surface area contributed by atoms with Crippen molar-refractivity contribution in [2.45, 2.75) is 30.3 Å². The van der Waals surface area contributed by atoms with Crippen LogP contribution >= 0.6 is 0 Å². The summed E-state index contributed by atoms with van der Waals surface area (Å²) >= 11 is 0. The molecule has 1 unspecified atom stereocenters. The molecule has 1 saturated heterocycles. The van der Waals surface area contributed by atoms with Crippen LogP contribution in [0.2, 0.25) is 0 Å². The predicted octanol–water partition coefficient (Wildman–Crippen LogP) is 2.56. The minimum atomic E-state index is -0.764. The number of hydrogen-bond donors (Lipinski definition) is 0. The van der Waals surface area contributed by atoms with Gasteiger partial charge in [0.1, 0.15) is 0 Å². The Morgan fingerprint density at radius 2 is 1.81 bits per heavy atom. The molecule has 4 heterocycles. The Morgan fingerprint density at radius 1 is 1.00 bits per heavy atom. The Kier molecular flexibility index (Phi) is 3.93. The van der Waals surface area contributed by atoms with Gasteiger partial charge in [-0.15, -0.1) is 0 Å². The standard InChI is InChI=1S/C25H21N3O4/c29-21-3-1-2-13-28(21)18-6-4-17(5-7-18)24(9-10-24)23(31)27-14-11-25(16-27)20-8-12-26-15-19(20)22(30)32-25/h1-8,12-13,15H,9-11,14,16H2. The van der Waals surface area contributed by atoms with Crippen LogP contribution in [0.1, 0.15) is 40.7 Å². The zero-order valence-electron chi connectivity index (χ0n) is 17.4. The van der Waals surface area contributed by atoms with E-state index in [-0.39, 0.29) is 17.4 Å². The van der Waals surface area contributed by atoms with Crippen LogP contribution in [0.4, 0.5) is 0 Å². The van der Waals surface area contributed by atoms with Crippen molar-refractivity contribution in [2.75, 3.05) is 13.1 Å². The number of carbonyl (C=O) groups excluding carboxylic acids is 2. The highest BCUT2D eigenvalue weighted by Gasteiger charge is 2.57. The van der Waals surface area contributed by atoms with Gasteiger partial charge in [0.15, 0.2) is 5.60 Å². The van der Waals surface area contributed by atoms with Crippen molar-refractivity contribution in [1.82, 2.24) is 14.5 Å². The van der Waals surface area contributed by atoms with Crippen molar-refractivity contribution < 1.29 is 14.3 Å². The monoisotopic (exact) mass is 427 g/mol. The van der Waals surface area contributed by atoms with Gasteiger partial charge in [0.25, 0.3) is 5.56 Å². The molecule has 3 aromatic rings. The van der Waals surface area contributed by atoms with E-state index in [1.54, 1.807) is 29.2 Å². The molecule has 1 aromatic carbocycles. The van der Waals surface area contributed by atoms with Crippen molar-refractivity contribution in [3.8, 4) is 5.69 Å². The number of aromatic nitrogens is 2. The number of fused-ring (bicyclic) bond motifs is 2. The average molecular weight is 427 g/mol. The zero-order chi connectivity index (χ0) is 21.9. The summed E-state index contributed by atoms with van der Waals surface area (Å²) < 4.78 is 7.35. The maximum atomic E-state index is 13.6. The van der Waals surface area contributed by atoms with Crippen LogP contribution in [-0.2, 0) is 20.5 Å². The van der Waals surface area contributed by atoms with Crippen LogP contribution in [0.3, 0.4) is 0 Å². The lowest BCUT2D eigenvalue weighted by molar-refractivity contribution is -0.134. The fourth-order valence-electron chi connectivity index (χ4n) is 5.14. The molecule has 7 nitrogen and oxygen atoms in total. The lowest BCUT2D eigenvalue weighted by Gasteiger charge is -2.27. The highest BCUT2D eigenvalue weighted by Crippen LogP contribution is 2.52. The summed E-state index contributed by atoms with van der Waals surface area (Å²) in [6.45, 7) is 0.918. The number of nitrogens with zero attached hydrogens (tertiary/aromatic N) is 3. The fourth-order valence-corrected chi connectivity index (χ4v) is 5.14. The molecule has 0 N–H and O–H groups in total.